The molecule has 0 spiro atoms. The normalized spacial score (nSPS) is 12.6. The molecule has 0 saturated heterocycles. The second kappa shape index (κ2) is 15.5. The van der Waals surface area contributed by atoms with Crippen LogP contribution in [0.2, 0.25) is 0 Å². The van der Waals surface area contributed by atoms with Gasteiger partial charge in [-0.1, -0.05) is 74.9 Å². The third-order valence-electron chi connectivity index (χ3n) is 5.69. The topological polar surface area (TPSA) is 72.2 Å². The van der Waals surface area contributed by atoms with Gasteiger partial charge in [-0.05, 0) is 66.3 Å². The third-order valence-corrected chi connectivity index (χ3v) is 5.69. The molecule has 0 unspecified atom stereocenters. The van der Waals surface area contributed by atoms with Crippen LogP contribution in [0.15, 0.2) is 36.4 Å². The fraction of sp³-hybridized carbons (Fsp3) is 0.379. The Morgan fingerprint density at radius 2 is 1.64 bits per heavy atom. The Labute approximate surface area is 200 Å². The van der Waals surface area contributed by atoms with E-state index in [1.807, 2.05) is 13.8 Å². The molecule has 4 nitrogen and oxygen atoms in total. The van der Waals surface area contributed by atoms with E-state index in [4.69, 9.17) is 4.79 Å². The van der Waals surface area contributed by atoms with Crippen LogP contribution in [0.3, 0.4) is 0 Å². The second-order valence-electron chi connectivity index (χ2n) is 7.79. The summed E-state index contributed by atoms with van der Waals surface area (Å²) in [5, 5.41) is 2.97. The Balaban J connectivity index is 0.00000132. The van der Waals surface area contributed by atoms with E-state index in [1.165, 1.54) is 52.6 Å². The van der Waals surface area contributed by atoms with E-state index in [0.717, 1.165) is 0 Å². The summed E-state index contributed by atoms with van der Waals surface area (Å²) in [4.78, 5) is 20.0. The maximum atomic E-state index is 11.4. The quantitative estimate of drug-likeness (QED) is 0.327. The predicted molar refractivity (Wildman–Crippen MR) is 141 cm³/mol. The molecule has 1 aliphatic rings. The van der Waals surface area contributed by atoms with Gasteiger partial charge in [-0.2, -0.15) is 0 Å². The van der Waals surface area contributed by atoms with Crippen molar-refractivity contribution in [3.63, 3.8) is 0 Å². The Hall–Kier alpha value is -3.32. The van der Waals surface area contributed by atoms with Crippen LogP contribution in [0.5, 0.6) is 0 Å². The summed E-state index contributed by atoms with van der Waals surface area (Å²) in [7, 11) is 0. The number of nitrogens with two attached hydrogens (primary N) is 1. The maximum Gasteiger partial charge on any atom is 0.217 e. The molecule has 1 saturated carbocycles. The van der Waals surface area contributed by atoms with E-state index < -0.39 is 0 Å². The molecule has 33 heavy (non-hydrogen) atoms. The zero-order valence-electron chi connectivity index (χ0n) is 21.1. The molecular weight excluding hydrogens is 408 g/mol. The van der Waals surface area contributed by atoms with Gasteiger partial charge in [0.05, 0.1) is 0 Å². The first-order chi connectivity index (χ1) is 15.8. The van der Waals surface area contributed by atoms with Crippen LogP contribution in [-0.4, -0.2) is 12.3 Å². The molecule has 1 fully saturated rings. The minimum atomic E-state index is 0.0106. The van der Waals surface area contributed by atoms with E-state index in [1.54, 1.807) is 6.92 Å². The van der Waals surface area contributed by atoms with Crippen molar-refractivity contribution < 1.29 is 9.59 Å². The van der Waals surface area contributed by atoms with Gasteiger partial charge in [0.2, 0.25) is 12.3 Å². The molecule has 0 bridgehead atoms. The Bertz CT molecular complexity index is 938. The van der Waals surface area contributed by atoms with E-state index in [2.05, 4.69) is 93.2 Å². The van der Waals surface area contributed by atoms with Gasteiger partial charge >= 0.3 is 0 Å². The fourth-order valence-corrected chi connectivity index (χ4v) is 3.59. The standard InChI is InChI=1S/C24H29NO.C2H6.C2H2.CH3NO/c1-5-24(12-13-24)23-11-10-20(22(15-23)16-25-19(4)26)8-9-21-14-17(2)6-7-18(21)3;2*1-2;2-1-3/h6-11,14-15H,5,12-13,16H2,1-4H3,(H,25,26);1-2H3;1-2H;1H,(H2,2,3)/b9-8-;;;. The lowest BCUT2D eigenvalue weighted by molar-refractivity contribution is -0.119. The summed E-state index contributed by atoms with van der Waals surface area (Å²) in [6.45, 7) is 12.7. The molecule has 4 heteroatoms. The lowest BCUT2D eigenvalue weighted by atomic mass is 9.90. The van der Waals surface area contributed by atoms with E-state index in [0.29, 0.717) is 12.0 Å². The lowest BCUT2D eigenvalue weighted by Crippen LogP contribution is -2.20. The number of terminal acetylenes is 1. The third kappa shape index (κ3) is 9.37. The SMILES string of the molecule is C#C.CC.CCC1(c2ccc(/C=C\c3cc(C)ccc3C)c(CNC(C)=O)c2)CC1.NC=O. The Morgan fingerprint density at radius 3 is 2.15 bits per heavy atom. The van der Waals surface area contributed by atoms with Crippen LogP contribution >= 0.6 is 0 Å². The molecule has 0 aromatic heterocycles. The molecule has 0 aliphatic heterocycles. The number of carbonyl (C=O) groups excluding carboxylic acids is 2. The molecular formula is C29H40N2O2. The van der Waals surface area contributed by atoms with Crippen molar-refractivity contribution in [1.82, 2.24) is 5.32 Å². The first kappa shape index (κ1) is 29.7. The second-order valence-corrected chi connectivity index (χ2v) is 7.79. The predicted octanol–water partition coefficient (Wildman–Crippen LogP) is 5.93. The molecule has 0 atom stereocenters. The van der Waals surface area contributed by atoms with Crippen LogP contribution in [-0.2, 0) is 21.5 Å². The van der Waals surface area contributed by atoms with Crippen LogP contribution in [0, 0.1) is 26.7 Å². The summed E-state index contributed by atoms with van der Waals surface area (Å²) >= 11 is 0. The number of nitrogens with one attached hydrogen (secondary N) is 1. The first-order valence-corrected chi connectivity index (χ1v) is 11.5. The molecule has 1 aliphatic carbocycles. The van der Waals surface area contributed by atoms with Crippen molar-refractivity contribution in [2.75, 3.05) is 0 Å². The Kier molecular flexibility index (Phi) is 13.9. The van der Waals surface area contributed by atoms with E-state index >= 15 is 0 Å². The van der Waals surface area contributed by atoms with Crippen molar-refractivity contribution in [3.8, 4) is 12.8 Å². The highest BCUT2D eigenvalue weighted by Gasteiger charge is 2.42. The van der Waals surface area contributed by atoms with Gasteiger partial charge in [-0.3, -0.25) is 9.59 Å². The highest BCUT2D eigenvalue weighted by atomic mass is 16.1. The van der Waals surface area contributed by atoms with Gasteiger partial charge in [-0.15, -0.1) is 12.8 Å². The smallest absolute Gasteiger partial charge is 0.217 e. The van der Waals surface area contributed by atoms with Crippen molar-refractivity contribution in [3.05, 3.63) is 69.8 Å². The van der Waals surface area contributed by atoms with Gasteiger partial charge in [0.15, 0.2) is 0 Å². The molecule has 3 rings (SSSR count). The van der Waals surface area contributed by atoms with E-state index in [9.17, 15) is 4.79 Å². The highest BCUT2D eigenvalue weighted by molar-refractivity contribution is 5.75. The molecule has 2 amide bonds. The fourth-order valence-electron chi connectivity index (χ4n) is 3.59. The van der Waals surface area contributed by atoms with Crippen molar-refractivity contribution >= 4 is 24.5 Å². The lowest BCUT2D eigenvalue weighted by Gasteiger charge is -2.16. The first-order valence-electron chi connectivity index (χ1n) is 11.5. The van der Waals surface area contributed by atoms with E-state index in [-0.39, 0.29) is 12.3 Å². The molecule has 3 N–H and O–H groups in total. The van der Waals surface area contributed by atoms with Gasteiger partial charge < -0.3 is 11.1 Å². The molecule has 178 valence electrons. The number of rotatable bonds is 6. The van der Waals surface area contributed by atoms with Crippen LogP contribution in [0.4, 0.5) is 0 Å². The summed E-state index contributed by atoms with van der Waals surface area (Å²) in [6.07, 6.45) is 16.3. The minimum absolute atomic E-state index is 0.0106. The average molecular weight is 449 g/mol. The zero-order valence-corrected chi connectivity index (χ0v) is 21.1. The Morgan fingerprint density at radius 1 is 1.06 bits per heavy atom. The highest BCUT2D eigenvalue weighted by Crippen LogP contribution is 2.51. The number of aryl methyl sites for hydroxylation is 2. The number of benzene rings is 2. The molecule has 0 heterocycles. The summed E-state index contributed by atoms with van der Waals surface area (Å²) in [5.41, 5.74) is 12.1. The van der Waals surface area contributed by atoms with Gasteiger partial charge in [-0.25, -0.2) is 0 Å². The molecule has 2 aromatic carbocycles. The number of primary amides is 1. The number of hydrogen-bond acceptors (Lipinski definition) is 2. The molecule has 0 radical (unpaired) electrons. The zero-order chi connectivity index (χ0) is 25.4. The van der Waals surface area contributed by atoms with Crippen LogP contribution in [0.1, 0.15) is 80.3 Å². The number of carbonyl (C=O) groups is 2. The van der Waals surface area contributed by atoms with Gasteiger partial charge in [0.25, 0.3) is 0 Å². The number of amides is 2. The molecule has 2 aromatic rings. The number of hydrogen-bond donors (Lipinski definition) is 2. The largest absolute Gasteiger partial charge is 0.372 e. The maximum absolute atomic E-state index is 11.4. The van der Waals surface area contributed by atoms with Crippen LogP contribution < -0.4 is 11.1 Å². The monoisotopic (exact) mass is 448 g/mol. The van der Waals surface area contributed by atoms with Crippen molar-refractivity contribution in [2.24, 2.45) is 5.73 Å². The van der Waals surface area contributed by atoms with Gasteiger partial charge in [0, 0.05) is 13.5 Å². The van der Waals surface area contributed by atoms with Crippen molar-refractivity contribution in [2.45, 2.75) is 72.8 Å². The van der Waals surface area contributed by atoms with Crippen LogP contribution in [0.25, 0.3) is 12.2 Å². The van der Waals surface area contributed by atoms with Gasteiger partial charge in [0.1, 0.15) is 0 Å². The minimum Gasteiger partial charge on any atom is -0.372 e. The summed E-state index contributed by atoms with van der Waals surface area (Å²) in [5.74, 6) is 0.0106. The van der Waals surface area contributed by atoms with Crippen molar-refractivity contribution in [1.29, 1.82) is 0 Å². The average Bonchev–Trinajstić information content (AvgIpc) is 3.63. The summed E-state index contributed by atoms with van der Waals surface area (Å²) in [6, 6.07) is 13.3. The summed E-state index contributed by atoms with van der Waals surface area (Å²) < 4.78 is 0.